The molecule has 0 rings (SSSR count). The van der Waals surface area contributed by atoms with Crippen LogP contribution in [0.3, 0.4) is 0 Å². The number of hydrogen-bond acceptors (Lipinski definition) is 7. The van der Waals surface area contributed by atoms with Gasteiger partial charge in [-0.05, 0) is 70.6 Å². The largest absolute Gasteiger partial charge is 0.544 e. The lowest BCUT2D eigenvalue weighted by Gasteiger charge is -2.34. The zero-order valence-electron chi connectivity index (χ0n) is 37.8. The van der Waals surface area contributed by atoms with Crippen LogP contribution in [0.2, 0.25) is 0 Å². The van der Waals surface area contributed by atoms with Crippen molar-refractivity contribution in [2.45, 2.75) is 135 Å². The van der Waals surface area contributed by atoms with Crippen molar-refractivity contribution >= 4 is 17.9 Å². The smallest absolute Gasteiger partial charge is 0.306 e. The molecule has 0 aromatic rings. The molecule has 0 saturated carbocycles. The topological polar surface area (TPSA) is 102 Å². The SMILES string of the molecule is CC/C=C/C=C/C=C/C=C/C=C/C=C/C=C/CCCCCC(=O)OCC(COCCC(C(=O)[O-])[N+](C)(C)C)OC(=O)CCC/C=C/C/C=C/C/C=C/C/C=C/CCCCC. The number of carboxylic acids is 1. The molecule has 8 nitrogen and oxygen atoms in total. The summed E-state index contributed by atoms with van der Waals surface area (Å²) in [6.07, 6.45) is 59.1. The monoisotopic (exact) mass is 830 g/mol. The highest BCUT2D eigenvalue weighted by atomic mass is 16.6. The van der Waals surface area contributed by atoms with E-state index >= 15 is 0 Å². The number of carboxylic acid groups (broad SMARTS) is 1. The van der Waals surface area contributed by atoms with Crippen molar-refractivity contribution in [3.05, 3.63) is 134 Å². The van der Waals surface area contributed by atoms with Crippen molar-refractivity contribution in [3.8, 4) is 0 Å². The molecule has 0 aliphatic rings. The van der Waals surface area contributed by atoms with Crippen LogP contribution in [0.15, 0.2) is 134 Å². The Morgan fingerprint density at radius 2 is 1.02 bits per heavy atom. The number of rotatable bonds is 37. The van der Waals surface area contributed by atoms with E-state index in [2.05, 4.69) is 74.6 Å². The molecule has 0 spiro atoms. The van der Waals surface area contributed by atoms with Gasteiger partial charge in [0.15, 0.2) is 6.10 Å². The van der Waals surface area contributed by atoms with Gasteiger partial charge >= 0.3 is 11.9 Å². The van der Waals surface area contributed by atoms with Crippen LogP contribution in [-0.2, 0) is 28.6 Å². The molecule has 0 heterocycles. The summed E-state index contributed by atoms with van der Waals surface area (Å²) in [6.45, 7) is 4.34. The fraction of sp³-hybridized carbons (Fsp3) is 0.519. The second-order valence-electron chi connectivity index (χ2n) is 15.4. The van der Waals surface area contributed by atoms with Crippen LogP contribution in [0.5, 0.6) is 0 Å². The van der Waals surface area contributed by atoms with Gasteiger partial charge in [0.2, 0.25) is 0 Å². The van der Waals surface area contributed by atoms with E-state index in [-0.39, 0.29) is 49.5 Å². The van der Waals surface area contributed by atoms with Crippen LogP contribution in [0.1, 0.15) is 123 Å². The van der Waals surface area contributed by atoms with E-state index in [9.17, 15) is 19.5 Å². The average Bonchev–Trinajstić information content (AvgIpc) is 3.21. The second kappa shape index (κ2) is 41.2. The first-order chi connectivity index (χ1) is 29.1. The molecule has 0 aliphatic carbocycles. The summed E-state index contributed by atoms with van der Waals surface area (Å²) in [5.41, 5.74) is 0. The Bertz CT molecular complexity index is 1430. The zero-order valence-corrected chi connectivity index (χ0v) is 37.8. The van der Waals surface area contributed by atoms with Gasteiger partial charge in [-0.25, -0.2) is 0 Å². The van der Waals surface area contributed by atoms with Gasteiger partial charge in [0.1, 0.15) is 12.6 Å². The fourth-order valence-electron chi connectivity index (χ4n) is 5.51. The number of unbranched alkanes of at least 4 members (excludes halogenated alkanes) is 7. The Balaban J connectivity index is 4.58. The lowest BCUT2D eigenvalue weighted by atomic mass is 10.1. The van der Waals surface area contributed by atoms with Crippen molar-refractivity contribution in [2.75, 3.05) is 41.0 Å². The van der Waals surface area contributed by atoms with Crippen LogP contribution < -0.4 is 5.11 Å². The molecular formula is C52H79NO7. The van der Waals surface area contributed by atoms with E-state index in [4.69, 9.17) is 14.2 Å². The lowest BCUT2D eigenvalue weighted by molar-refractivity contribution is -0.889. The Labute approximate surface area is 364 Å². The van der Waals surface area contributed by atoms with E-state index in [1.165, 1.54) is 25.7 Å². The van der Waals surface area contributed by atoms with Crippen LogP contribution >= 0.6 is 0 Å². The number of ether oxygens (including phenoxy) is 3. The minimum absolute atomic E-state index is 0.00698. The van der Waals surface area contributed by atoms with Gasteiger partial charge in [0.05, 0.1) is 40.3 Å². The van der Waals surface area contributed by atoms with E-state index in [0.717, 1.165) is 51.4 Å². The van der Waals surface area contributed by atoms with Crippen LogP contribution in [0.4, 0.5) is 0 Å². The molecule has 0 aromatic heterocycles. The lowest BCUT2D eigenvalue weighted by Crippen LogP contribution is -2.55. The maximum absolute atomic E-state index is 12.7. The molecule has 0 aliphatic heterocycles. The van der Waals surface area contributed by atoms with E-state index < -0.39 is 24.1 Å². The van der Waals surface area contributed by atoms with Gasteiger partial charge in [-0.15, -0.1) is 0 Å². The maximum Gasteiger partial charge on any atom is 0.306 e. The molecule has 0 aromatic carbocycles. The third kappa shape index (κ3) is 39.0. The fourth-order valence-corrected chi connectivity index (χ4v) is 5.51. The number of carbonyl (C=O) groups is 3. The second-order valence-corrected chi connectivity index (χ2v) is 15.4. The summed E-state index contributed by atoms with van der Waals surface area (Å²) in [5.74, 6) is -1.89. The molecule has 60 heavy (non-hydrogen) atoms. The third-order valence-electron chi connectivity index (χ3n) is 8.97. The van der Waals surface area contributed by atoms with Crippen molar-refractivity contribution in [3.63, 3.8) is 0 Å². The first kappa shape index (κ1) is 55.5. The molecule has 0 amide bonds. The van der Waals surface area contributed by atoms with Crippen molar-refractivity contribution in [2.24, 2.45) is 0 Å². The summed E-state index contributed by atoms with van der Waals surface area (Å²) in [7, 11) is 5.35. The predicted molar refractivity (Wildman–Crippen MR) is 249 cm³/mol. The Morgan fingerprint density at radius 3 is 1.55 bits per heavy atom. The number of allylic oxidation sites excluding steroid dienone is 22. The van der Waals surface area contributed by atoms with Gasteiger partial charge in [-0.3, -0.25) is 9.59 Å². The van der Waals surface area contributed by atoms with Crippen molar-refractivity contribution in [1.29, 1.82) is 0 Å². The predicted octanol–water partition coefficient (Wildman–Crippen LogP) is 11.1. The van der Waals surface area contributed by atoms with E-state index in [0.29, 0.717) is 12.8 Å². The number of aliphatic carboxylic acids is 1. The minimum Gasteiger partial charge on any atom is -0.544 e. The van der Waals surface area contributed by atoms with Crippen LogP contribution in [-0.4, -0.2) is 75.5 Å². The summed E-state index contributed by atoms with van der Waals surface area (Å²) in [4.78, 5) is 36.9. The van der Waals surface area contributed by atoms with Crippen LogP contribution in [0, 0.1) is 0 Å². The molecule has 334 valence electrons. The van der Waals surface area contributed by atoms with E-state index in [1.54, 1.807) is 21.1 Å². The summed E-state index contributed by atoms with van der Waals surface area (Å²) in [6, 6.07) is -0.752. The Kier molecular flexibility index (Phi) is 38.1. The molecule has 0 saturated heterocycles. The molecule has 8 heteroatoms. The first-order valence-electron chi connectivity index (χ1n) is 22.3. The standard InChI is InChI=1S/C52H79NO7/c1-6-8-10-12-14-16-18-20-22-24-25-27-28-30-32-34-36-38-40-42-50(54)59-47-48(46-58-45-44-49(52(56)57)53(3,4)5)60-51(55)43-41-39-37-35-33-31-29-26-23-21-19-17-15-13-11-9-7-2/h8,10,12,14-18,20-25,27-32,35,37,48-49H,6-7,9,11,13,19,26,33-34,36,38-47H2,1-5H3/b10-8+,14-12+,17-15+,18-16+,22-20+,23-21+,25-24+,28-27+,31-29+,32-30+,37-35+. The number of carbonyl (C=O) groups excluding carboxylic acids is 3. The number of quaternary nitrogens is 1. The highest BCUT2D eigenvalue weighted by Gasteiger charge is 2.25. The summed E-state index contributed by atoms with van der Waals surface area (Å²) < 4.78 is 17.1. The average molecular weight is 830 g/mol. The molecule has 2 atom stereocenters. The molecule has 0 fully saturated rings. The maximum atomic E-state index is 12.7. The van der Waals surface area contributed by atoms with Gasteiger partial charge < -0.3 is 28.6 Å². The molecule has 0 bridgehead atoms. The number of esters is 2. The van der Waals surface area contributed by atoms with Gasteiger partial charge in [-0.1, -0.05) is 167 Å². The van der Waals surface area contributed by atoms with E-state index in [1.807, 2.05) is 72.9 Å². The summed E-state index contributed by atoms with van der Waals surface area (Å²) in [5, 5.41) is 11.6. The molecular weight excluding hydrogens is 751 g/mol. The molecule has 2 unspecified atom stereocenters. The molecule has 0 N–H and O–H groups in total. The normalized spacial score (nSPS) is 14.2. The van der Waals surface area contributed by atoms with Crippen LogP contribution in [0.25, 0.3) is 0 Å². The number of nitrogens with zero attached hydrogens (tertiary/aromatic N) is 1. The summed E-state index contributed by atoms with van der Waals surface area (Å²) >= 11 is 0. The van der Waals surface area contributed by atoms with Gasteiger partial charge in [0, 0.05) is 19.3 Å². The van der Waals surface area contributed by atoms with Crippen molar-refractivity contribution < 1.29 is 38.2 Å². The highest BCUT2D eigenvalue weighted by molar-refractivity contribution is 5.70. The molecule has 0 radical (unpaired) electrons. The van der Waals surface area contributed by atoms with Gasteiger partial charge in [0.25, 0.3) is 0 Å². The zero-order chi connectivity index (χ0) is 44.2. The Morgan fingerprint density at radius 1 is 0.533 bits per heavy atom. The number of hydrogen-bond donors (Lipinski definition) is 0. The first-order valence-corrected chi connectivity index (χ1v) is 22.3. The quantitative estimate of drug-likeness (QED) is 0.0202. The van der Waals surface area contributed by atoms with Crippen molar-refractivity contribution in [1.82, 2.24) is 0 Å². The minimum atomic E-state index is -1.15. The Hall–Kier alpha value is -4.53. The third-order valence-corrected chi connectivity index (χ3v) is 8.97. The van der Waals surface area contributed by atoms with Gasteiger partial charge in [-0.2, -0.15) is 0 Å². The number of likely N-dealkylation sites (N-methyl/N-ethyl adjacent to an activating group) is 1. The highest BCUT2D eigenvalue weighted by Crippen LogP contribution is 2.10.